The number of nitrogens with one attached hydrogen (secondary N) is 1. The van der Waals surface area contributed by atoms with E-state index < -0.39 is 0 Å². The van der Waals surface area contributed by atoms with E-state index in [9.17, 15) is 9.59 Å². The third kappa shape index (κ3) is 2.23. The van der Waals surface area contributed by atoms with Crippen LogP contribution in [0.3, 0.4) is 0 Å². The summed E-state index contributed by atoms with van der Waals surface area (Å²) in [7, 11) is 0. The molecule has 98 valence electrons. The van der Waals surface area contributed by atoms with Gasteiger partial charge >= 0.3 is 0 Å². The molecule has 3 rings (SSSR count). The zero-order chi connectivity index (χ0) is 13.2. The minimum Gasteiger partial charge on any atom is -0.363 e. The second-order valence-corrected chi connectivity index (χ2v) is 5.35. The van der Waals surface area contributed by atoms with Crippen molar-refractivity contribution in [3.05, 3.63) is 35.4 Å². The number of thioether (sulfide) groups is 1. The smallest absolute Gasteiger partial charge is 0.261 e. The van der Waals surface area contributed by atoms with Gasteiger partial charge in [-0.15, -0.1) is 0 Å². The third-order valence-corrected chi connectivity index (χ3v) is 4.01. The number of imide groups is 1. The Kier molecular flexibility index (Phi) is 3.25. The van der Waals surface area contributed by atoms with E-state index in [0.29, 0.717) is 23.4 Å². The van der Waals surface area contributed by atoms with Crippen LogP contribution in [-0.2, 0) is 0 Å². The van der Waals surface area contributed by atoms with E-state index in [1.54, 1.807) is 36.0 Å². The highest BCUT2D eigenvalue weighted by molar-refractivity contribution is 8.13. The number of hydrogen-bond donors (Lipinski definition) is 1. The van der Waals surface area contributed by atoms with Gasteiger partial charge in [-0.05, 0) is 12.1 Å². The van der Waals surface area contributed by atoms with Gasteiger partial charge in [0, 0.05) is 18.8 Å². The number of hydrogen-bond acceptors (Lipinski definition) is 5. The van der Waals surface area contributed by atoms with E-state index in [1.807, 2.05) is 0 Å². The number of carbonyl (C=O) groups is 2. The van der Waals surface area contributed by atoms with Gasteiger partial charge in [-0.2, -0.15) is 0 Å². The van der Waals surface area contributed by atoms with Crippen LogP contribution < -0.4 is 5.32 Å². The third-order valence-electron chi connectivity index (χ3n) is 3.08. The van der Waals surface area contributed by atoms with E-state index in [-0.39, 0.29) is 11.8 Å². The van der Waals surface area contributed by atoms with E-state index in [2.05, 4.69) is 10.3 Å². The molecule has 0 saturated carbocycles. The maximum Gasteiger partial charge on any atom is 0.261 e. The van der Waals surface area contributed by atoms with Gasteiger partial charge < -0.3 is 5.32 Å². The Bertz CT molecular complexity index is 536. The van der Waals surface area contributed by atoms with Crippen LogP contribution in [0.4, 0.5) is 0 Å². The molecule has 1 N–H and O–H groups in total. The number of rotatable bonds is 3. The molecule has 2 heterocycles. The molecule has 0 aromatic heterocycles. The van der Waals surface area contributed by atoms with E-state index in [0.717, 1.165) is 18.3 Å². The van der Waals surface area contributed by atoms with Crippen molar-refractivity contribution in [2.75, 3.05) is 25.4 Å². The molecule has 0 bridgehead atoms. The standard InChI is InChI=1S/C13H13N3O2S/c17-11-9-3-1-2-4-10(9)12(18)16(11)7-8-19-13-14-5-6-15-13/h1-4H,5-8H2,(H,14,15). The van der Waals surface area contributed by atoms with Crippen LogP contribution in [0.5, 0.6) is 0 Å². The fraction of sp³-hybridized carbons (Fsp3) is 0.308. The second kappa shape index (κ2) is 5.05. The van der Waals surface area contributed by atoms with Crippen molar-refractivity contribution in [2.24, 2.45) is 4.99 Å². The Balaban J connectivity index is 1.64. The summed E-state index contributed by atoms with van der Waals surface area (Å²) in [6, 6.07) is 6.95. The molecule has 0 saturated heterocycles. The largest absolute Gasteiger partial charge is 0.363 e. The Morgan fingerprint density at radius 2 is 1.89 bits per heavy atom. The van der Waals surface area contributed by atoms with E-state index in [4.69, 9.17) is 0 Å². The van der Waals surface area contributed by atoms with Crippen LogP contribution in [0.15, 0.2) is 29.3 Å². The molecule has 0 spiro atoms. The van der Waals surface area contributed by atoms with Crippen LogP contribution in [0, 0.1) is 0 Å². The Hall–Kier alpha value is -1.82. The van der Waals surface area contributed by atoms with Gasteiger partial charge in [0.05, 0.1) is 17.7 Å². The molecule has 2 amide bonds. The van der Waals surface area contributed by atoms with Gasteiger partial charge in [0.1, 0.15) is 0 Å². The van der Waals surface area contributed by atoms with Crippen LogP contribution >= 0.6 is 11.8 Å². The first kappa shape index (κ1) is 12.2. The molecule has 19 heavy (non-hydrogen) atoms. The van der Waals surface area contributed by atoms with Gasteiger partial charge in [-0.25, -0.2) is 0 Å². The number of aliphatic imine (C=N–C) groups is 1. The highest BCUT2D eigenvalue weighted by Crippen LogP contribution is 2.22. The van der Waals surface area contributed by atoms with Gasteiger partial charge in [-0.1, -0.05) is 23.9 Å². The van der Waals surface area contributed by atoms with Crippen molar-refractivity contribution in [3.63, 3.8) is 0 Å². The average Bonchev–Trinajstić information content (AvgIpc) is 3.02. The molecule has 0 aliphatic carbocycles. The number of nitrogens with zero attached hydrogens (tertiary/aromatic N) is 2. The zero-order valence-electron chi connectivity index (χ0n) is 10.3. The summed E-state index contributed by atoms with van der Waals surface area (Å²) >= 11 is 1.55. The summed E-state index contributed by atoms with van der Waals surface area (Å²) in [5, 5.41) is 4.05. The van der Waals surface area contributed by atoms with Crippen molar-refractivity contribution in [1.82, 2.24) is 10.2 Å². The van der Waals surface area contributed by atoms with Gasteiger partial charge in [0.2, 0.25) is 0 Å². The zero-order valence-corrected chi connectivity index (χ0v) is 11.1. The lowest BCUT2D eigenvalue weighted by Crippen LogP contribution is -2.32. The molecular weight excluding hydrogens is 262 g/mol. The minimum atomic E-state index is -0.192. The number of carbonyl (C=O) groups excluding carboxylic acids is 2. The molecule has 0 radical (unpaired) electrons. The average molecular weight is 275 g/mol. The first-order valence-corrected chi connectivity index (χ1v) is 7.12. The summed E-state index contributed by atoms with van der Waals surface area (Å²) in [4.78, 5) is 29.7. The molecule has 0 fully saturated rings. The van der Waals surface area contributed by atoms with Crippen molar-refractivity contribution in [2.45, 2.75) is 0 Å². The van der Waals surface area contributed by atoms with E-state index >= 15 is 0 Å². The normalized spacial score (nSPS) is 17.5. The van der Waals surface area contributed by atoms with Crippen molar-refractivity contribution in [1.29, 1.82) is 0 Å². The SMILES string of the molecule is O=C1c2ccccc2C(=O)N1CCSC1=NCCN1. The summed E-state index contributed by atoms with van der Waals surface area (Å²) in [6.07, 6.45) is 0. The van der Waals surface area contributed by atoms with Crippen LogP contribution in [0.1, 0.15) is 20.7 Å². The maximum absolute atomic E-state index is 12.1. The van der Waals surface area contributed by atoms with Crippen molar-refractivity contribution in [3.8, 4) is 0 Å². The molecule has 1 aromatic carbocycles. The Morgan fingerprint density at radius 3 is 2.47 bits per heavy atom. The van der Waals surface area contributed by atoms with Gasteiger partial charge in [-0.3, -0.25) is 19.5 Å². The van der Waals surface area contributed by atoms with Gasteiger partial charge in [0.25, 0.3) is 11.8 Å². The molecule has 5 nitrogen and oxygen atoms in total. The van der Waals surface area contributed by atoms with E-state index in [1.165, 1.54) is 4.90 Å². The lowest BCUT2D eigenvalue weighted by atomic mass is 10.1. The topological polar surface area (TPSA) is 61.8 Å². The molecule has 2 aliphatic heterocycles. The number of benzene rings is 1. The van der Waals surface area contributed by atoms with Crippen LogP contribution in [-0.4, -0.2) is 47.3 Å². The number of amides is 2. The number of amidine groups is 1. The maximum atomic E-state index is 12.1. The van der Waals surface area contributed by atoms with Crippen molar-refractivity contribution >= 4 is 28.7 Å². The minimum absolute atomic E-state index is 0.192. The quantitative estimate of drug-likeness (QED) is 0.835. The highest BCUT2D eigenvalue weighted by atomic mass is 32.2. The fourth-order valence-corrected chi connectivity index (χ4v) is 3.00. The summed E-state index contributed by atoms with van der Waals surface area (Å²) in [5.74, 6) is 0.280. The molecule has 0 atom stereocenters. The predicted molar refractivity (Wildman–Crippen MR) is 74.6 cm³/mol. The molecule has 1 aromatic rings. The summed E-state index contributed by atoms with van der Waals surface area (Å²) < 4.78 is 0. The number of fused-ring (bicyclic) bond motifs is 1. The lowest BCUT2D eigenvalue weighted by molar-refractivity contribution is 0.0664. The Morgan fingerprint density at radius 1 is 1.21 bits per heavy atom. The lowest BCUT2D eigenvalue weighted by Gasteiger charge is -2.13. The van der Waals surface area contributed by atoms with Gasteiger partial charge in [0.15, 0.2) is 5.17 Å². The monoisotopic (exact) mass is 275 g/mol. The Labute approximate surface area is 115 Å². The highest BCUT2D eigenvalue weighted by Gasteiger charge is 2.34. The first-order chi connectivity index (χ1) is 9.27. The summed E-state index contributed by atoms with van der Waals surface area (Å²) in [5.41, 5.74) is 1.02. The molecular formula is C13H13N3O2S. The second-order valence-electron chi connectivity index (χ2n) is 4.27. The molecule has 0 unspecified atom stereocenters. The van der Waals surface area contributed by atoms with Crippen LogP contribution in [0.25, 0.3) is 0 Å². The fourth-order valence-electron chi connectivity index (χ4n) is 2.15. The molecule has 6 heteroatoms. The molecule has 2 aliphatic rings. The van der Waals surface area contributed by atoms with Crippen molar-refractivity contribution < 1.29 is 9.59 Å². The predicted octanol–water partition coefficient (Wildman–Crippen LogP) is 0.975. The first-order valence-electron chi connectivity index (χ1n) is 6.14. The summed E-state index contributed by atoms with van der Waals surface area (Å²) in [6.45, 7) is 2.09. The van der Waals surface area contributed by atoms with Crippen LogP contribution in [0.2, 0.25) is 0 Å².